The lowest BCUT2D eigenvalue weighted by atomic mass is 10.3. The van der Waals surface area contributed by atoms with E-state index in [1.807, 2.05) is 0 Å². The van der Waals surface area contributed by atoms with E-state index in [2.05, 4.69) is 0 Å². The predicted molar refractivity (Wildman–Crippen MR) is 51.5 cm³/mol. The molecular weight excluding hydrogens is 206 g/mol. The third-order valence-corrected chi connectivity index (χ3v) is 1.82. The molecule has 0 aliphatic heterocycles. The number of nitrogens with one attached hydrogen (secondary N) is 1. The summed E-state index contributed by atoms with van der Waals surface area (Å²) in [5, 5.41) is 8.86. The summed E-state index contributed by atoms with van der Waals surface area (Å²) in [6, 6.07) is 6.67. The predicted octanol–water partition coefficient (Wildman–Crippen LogP) is 1.61. The number of hydrogen-bond acceptors (Lipinski definition) is 3. The van der Waals surface area contributed by atoms with E-state index < -0.39 is 12.0 Å². The Morgan fingerprint density at radius 3 is 2.93 bits per heavy atom. The van der Waals surface area contributed by atoms with E-state index >= 15 is 0 Å². The second-order valence-corrected chi connectivity index (χ2v) is 3.13. The van der Waals surface area contributed by atoms with Gasteiger partial charge in [-0.15, -0.1) is 0 Å². The third-order valence-electron chi connectivity index (χ3n) is 1.59. The van der Waals surface area contributed by atoms with Gasteiger partial charge in [0.2, 0.25) is 0 Å². The molecule has 14 heavy (non-hydrogen) atoms. The summed E-state index contributed by atoms with van der Waals surface area (Å²) in [6.45, 7) is 1.52. The second-order valence-electron chi connectivity index (χ2n) is 2.69. The van der Waals surface area contributed by atoms with E-state index in [4.69, 9.17) is 21.5 Å². The number of hydroxylamine groups is 1. The van der Waals surface area contributed by atoms with Crippen molar-refractivity contribution in [2.45, 2.75) is 13.0 Å². The number of carbonyl (C=O) groups is 1. The fraction of sp³-hybridized carbons (Fsp3) is 0.222. The molecule has 1 unspecified atom stereocenters. The Labute approximate surface area is 86.4 Å². The number of halogens is 1. The van der Waals surface area contributed by atoms with Crippen LogP contribution in [0.15, 0.2) is 24.3 Å². The highest BCUT2D eigenvalue weighted by Gasteiger charge is 2.13. The van der Waals surface area contributed by atoms with Crippen LogP contribution in [0.3, 0.4) is 0 Å². The number of hydrogen-bond donors (Lipinski definition) is 2. The molecule has 0 bridgehead atoms. The maximum absolute atomic E-state index is 10.9. The molecule has 0 saturated heterocycles. The Morgan fingerprint density at radius 2 is 2.36 bits per heavy atom. The van der Waals surface area contributed by atoms with Gasteiger partial charge in [0.25, 0.3) is 5.91 Å². The zero-order chi connectivity index (χ0) is 10.6. The van der Waals surface area contributed by atoms with Gasteiger partial charge in [0.05, 0.1) is 0 Å². The molecule has 0 aliphatic rings. The Balaban J connectivity index is 2.64. The summed E-state index contributed by atoms with van der Waals surface area (Å²) >= 11 is 5.71. The Bertz CT molecular complexity index is 330. The minimum absolute atomic E-state index is 0.480. The van der Waals surface area contributed by atoms with Crippen LogP contribution in [0.2, 0.25) is 5.02 Å². The van der Waals surface area contributed by atoms with Crippen LogP contribution in [0.25, 0.3) is 0 Å². The average Bonchev–Trinajstić information content (AvgIpc) is 2.16. The summed E-state index contributed by atoms with van der Waals surface area (Å²) in [4.78, 5) is 10.9. The highest BCUT2D eigenvalue weighted by molar-refractivity contribution is 6.30. The van der Waals surface area contributed by atoms with Crippen molar-refractivity contribution in [3.8, 4) is 5.75 Å². The van der Waals surface area contributed by atoms with Crippen LogP contribution < -0.4 is 10.2 Å². The van der Waals surface area contributed by atoms with Crippen LogP contribution in [-0.2, 0) is 4.79 Å². The smallest absolute Gasteiger partial charge is 0.284 e. The van der Waals surface area contributed by atoms with E-state index in [-0.39, 0.29) is 0 Å². The molecule has 0 spiro atoms. The minimum atomic E-state index is -0.765. The minimum Gasteiger partial charge on any atom is -0.481 e. The van der Waals surface area contributed by atoms with Gasteiger partial charge in [-0.2, -0.15) is 0 Å². The van der Waals surface area contributed by atoms with E-state index in [1.165, 1.54) is 12.4 Å². The standard InChI is InChI=1S/C9H10ClNO3/c1-6(9(12)11-13)14-8-4-2-3-7(10)5-8/h2-6,13H,1H3,(H,11,12). The molecule has 1 atom stereocenters. The zero-order valence-electron chi connectivity index (χ0n) is 7.53. The molecule has 0 saturated carbocycles. The first-order valence-corrected chi connectivity index (χ1v) is 4.37. The molecule has 4 nitrogen and oxygen atoms in total. The molecule has 1 amide bonds. The maximum Gasteiger partial charge on any atom is 0.284 e. The monoisotopic (exact) mass is 215 g/mol. The topological polar surface area (TPSA) is 58.6 Å². The van der Waals surface area contributed by atoms with Crippen molar-refractivity contribution in [2.24, 2.45) is 0 Å². The summed E-state index contributed by atoms with van der Waals surface area (Å²) in [6.07, 6.45) is -0.765. The van der Waals surface area contributed by atoms with Crippen LogP contribution in [0.4, 0.5) is 0 Å². The number of benzene rings is 1. The summed E-state index contributed by atoms with van der Waals surface area (Å²) in [7, 11) is 0. The molecule has 1 rings (SSSR count). The van der Waals surface area contributed by atoms with Gasteiger partial charge in [0.15, 0.2) is 6.10 Å². The fourth-order valence-electron chi connectivity index (χ4n) is 0.889. The van der Waals surface area contributed by atoms with Crippen molar-refractivity contribution >= 4 is 17.5 Å². The average molecular weight is 216 g/mol. The van der Waals surface area contributed by atoms with Crippen LogP contribution in [0, 0.1) is 0 Å². The second kappa shape index (κ2) is 4.83. The van der Waals surface area contributed by atoms with Crippen LogP contribution >= 0.6 is 11.6 Å². The summed E-state index contributed by atoms with van der Waals surface area (Å²) in [5.74, 6) is -0.126. The first kappa shape index (κ1) is 10.8. The van der Waals surface area contributed by atoms with Crippen LogP contribution in [-0.4, -0.2) is 17.2 Å². The van der Waals surface area contributed by atoms with Crippen molar-refractivity contribution in [1.29, 1.82) is 0 Å². The van der Waals surface area contributed by atoms with Crippen molar-refractivity contribution < 1.29 is 14.7 Å². The highest BCUT2D eigenvalue weighted by atomic mass is 35.5. The van der Waals surface area contributed by atoms with Gasteiger partial charge in [-0.05, 0) is 25.1 Å². The molecule has 2 N–H and O–H groups in total. The van der Waals surface area contributed by atoms with Gasteiger partial charge in [-0.3, -0.25) is 10.0 Å². The molecule has 1 aromatic carbocycles. The highest BCUT2D eigenvalue weighted by Crippen LogP contribution is 2.18. The van der Waals surface area contributed by atoms with Gasteiger partial charge in [-0.25, -0.2) is 5.48 Å². The van der Waals surface area contributed by atoms with E-state index in [0.717, 1.165) is 0 Å². The van der Waals surface area contributed by atoms with Crippen LogP contribution in [0.1, 0.15) is 6.92 Å². The fourth-order valence-corrected chi connectivity index (χ4v) is 1.07. The number of carbonyl (C=O) groups excluding carboxylic acids is 1. The SMILES string of the molecule is CC(Oc1cccc(Cl)c1)C(=O)NO. The van der Waals surface area contributed by atoms with Crippen molar-refractivity contribution in [3.05, 3.63) is 29.3 Å². The summed E-state index contributed by atoms with van der Waals surface area (Å²) in [5.41, 5.74) is 1.50. The third kappa shape index (κ3) is 2.90. The van der Waals surface area contributed by atoms with E-state index in [9.17, 15) is 4.79 Å². The molecule has 0 fully saturated rings. The molecule has 0 aromatic heterocycles. The summed E-state index contributed by atoms with van der Waals surface area (Å²) < 4.78 is 5.19. The Morgan fingerprint density at radius 1 is 1.64 bits per heavy atom. The van der Waals surface area contributed by atoms with Crippen LogP contribution in [0.5, 0.6) is 5.75 Å². The van der Waals surface area contributed by atoms with Crippen molar-refractivity contribution in [1.82, 2.24) is 5.48 Å². The lowest BCUT2D eigenvalue weighted by molar-refractivity contribution is -0.135. The largest absolute Gasteiger partial charge is 0.481 e. The van der Waals surface area contributed by atoms with Gasteiger partial charge >= 0.3 is 0 Å². The van der Waals surface area contributed by atoms with Crippen molar-refractivity contribution in [2.75, 3.05) is 0 Å². The zero-order valence-corrected chi connectivity index (χ0v) is 8.28. The van der Waals surface area contributed by atoms with Gasteiger partial charge in [0, 0.05) is 5.02 Å². The van der Waals surface area contributed by atoms with Gasteiger partial charge < -0.3 is 4.74 Å². The molecule has 1 aromatic rings. The molecule has 76 valence electrons. The van der Waals surface area contributed by atoms with E-state index in [1.54, 1.807) is 24.3 Å². The van der Waals surface area contributed by atoms with Gasteiger partial charge in [0.1, 0.15) is 5.75 Å². The first-order chi connectivity index (χ1) is 6.63. The first-order valence-electron chi connectivity index (χ1n) is 3.99. The Kier molecular flexibility index (Phi) is 3.73. The van der Waals surface area contributed by atoms with Gasteiger partial charge in [-0.1, -0.05) is 17.7 Å². The number of ether oxygens (including phenoxy) is 1. The van der Waals surface area contributed by atoms with E-state index in [0.29, 0.717) is 10.8 Å². The van der Waals surface area contributed by atoms with Crippen molar-refractivity contribution in [3.63, 3.8) is 0 Å². The molecule has 0 heterocycles. The lowest BCUT2D eigenvalue weighted by Gasteiger charge is -2.12. The number of rotatable bonds is 3. The quantitative estimate of drug-likeness (QED) is 0.595. The normalized spacial score (nSPS) is 11.9. The molecule has 5 heteroatoms. The molecule has 0 radical (unpaired) electrons. The molecule has 0 aliphatic carbocycles. The maximum atomic E-state index is 10.9. The Hall–Kier alpha value is -1.26. The lowest BCUT2D eigenvalue weighted by Crippen LogP contribution is -2.34. The number of amides is 1. The molecular formula is C9H10ClNO3.